The third kappa shape index (κ3) is 6.21. The van der Waals surface area contributed by atoms with Gasteiger partial charge in [0.25, 0.3) is 0 Å². The van der Waals surface area contributed by atoms with Gasteiger partial charge in [-0.1, -0.05) is 13.8 Å². The van der Waals surface area contributed by atoms with Crippen molar-refractivity contribution in [3.8, 4) is 0 Å². The first-order valence-electron chi connectivity index (χ1n) is 6.86. The molecule has 0 saturated carbocycles. The Kier molecular flexibility index (Phi) is 7.05. The summed E-state index contributed by atoms with van der Waals surface area (Å²) in [5, 5.41) is 6.64. The van der Waals surface area contributed by atoms with Crippen molar-refractivity contribution in [3.05, 3.63) is 0 Å². The number of hydrogen-bond acceptors (Lipinski definition) is 3. The number of nitrogens with zero attached hydrogens (tertiary/aromatic N) is 2. The van der Waals surface area contributed by atoms with Crippen LogP contribution >= 0.6 is 0 Å². The first kappa shape index (κ1) is 15.2. The first-order chi connectivity index (χ1) is 8.61. The average Bonchev–Trinajstić information content (AvgIpc) is 2.33. The predicted molar refractivity (Wildman–Crippen MR) is 76.1 cm³/mol. The van der Waals surface area contributed by atoms with E-state index in [4.69, 9.17) is 4.74 Å². The highest BCUT2D eigenvalue weighted by Crippen LogP contribution is 2.01. The normalized spacial score (nSPS) is 22.3. The zero-order valence-corrected chi connectivity index (χ0v) is 12.2. The largest absolute Gasteiger partial charge is 0.374 e. The van der Waals surface area contributed by atoms with Crippen molar-refractivity contribution in [3.63, 3.8) is 0 Å². The molecule has 0 spiro atoms. The molecule has 0 aromatic carbocycles. The fraction of sp³-hybridized carbons (Fsp3) is 0.923. The fourth-order valence-corrected chi connectivity index (χ4v) is 1.90. The number of morpholine rings is 1. The lowest BCUT2D eigenvalue weighted by molar-refractivity contribution is -0.0161. The standard InChI is InChI=1S/C13H28N4O/c1-11(2)5-6-15-13(14-3)16-9-12-10-17(4)7-8-18-12/h11-12H,5-10H2,1-4H3,(H2,14,15,16). The number of nitrogens with one attached hydrogen (secondary N) is 2. The van der Waals surface area contributed by atoms with Crippen LogP contribution in [0.25, 0.3) is 0 Å². The molecule has 0 radical (unpaired) electrons. The van der Waals surface area contributed by atoms with Gasteiger partial charge in [0.2, 0.25) is 0 Å². The number of likely N-dealkylation sites (N-methyl/N-ethyl adjacent to an activating group) is 1. The van der Waals surface area contributed by atoms with E-state index >= 15 is 0 Å². The number of ether oxygens (including phenoxy) is 1. The Bertz CT molecular complexity index is 255. The first-order valence-corrected chi connectivity index (χ1v) is 6.86. The van der Waals surface area contributed by atoms with Crippen LogP contribution in [0.4, 0.5) is 0 Å². The summed E-state index contributed by atoms with van der Waals surface area (Å²) in [6.07, 6.45) is 1.41. The monoisotopic (exact) mass is 256 g/mol. The maximum atomic E-state index is 5.70. The summed E-state index contributed by atoms with van der Waals surface area (Å²) in [6, 6.07) is 0. The van der Waals surface area contributed by atoms with Crippen molar-refractivity contribution in [2.24, 2.45) is 10.9 Å². The molecule has 0 bridgehead atoms. The van der Waals surface area contributed by atoms with Crippen LogP contribution in [0.3, 0.4) is 0 Å². The molecule has 5 nitrogen and oxygen atoms in total. The lowest BCUT2D eigenvalue weighted by Gasteiger charge is -2.30. The molecule has 1 rings (SSSR count). The number of aliphatic imine (C=N–C) groups is 1. The molecule has 0 aromatic rings. The Hall–Kier alpha value is -0.810. The van der Waals surface area contributed by atoms with Gasteiger partial charge < -0.3 is 20.3 Å². The van der Waals surface area contributed by atoms with Gasteiger partial charge in [-0.25, -0.2) is 0 Å². The molecule has 0 amide bonds. The molecule has 1 atom stereocenters. The van der Waals surface area contributed by atoms with Crippen LogP contribution in [0.15, 0.2) is 4.99 Å². The van der Waals surface area contributed by atoms with Crippen molar-refractivity contribution < 1.29 is 4.74 Å². The molecule has 1 fully saturated rings. The second-order valence-corrected chi connectivity index (χ2v) is 5.32. The molecule has 0 aliphatic carbocycles. The summed E-state index contributed by atoms with van der Waals surface area (Å²) >= 11 is 0. The van der Waals surface area contributed by atoms with Gasteiger partial charge in [-0.3, -0.25) is 4.99 Å². The Morgan fingerprint density at radius 1 is 1.44 bits per heavy atom. The predicted octanol–water partition coefficient (Wildman–Crippen LogP) is 0.528. The van der Waals surface area contributed by atoms with Gasteiger partial charge in [-0.15, -0.1) is 0 Å². The van der Waals surface area contributed by atoms with Crippen LogP contribution in [-0.2, 0) is 4.74 Å². The van der Waals surface area contributed by atoms with Crippen molar-refractivity contribution in [2.75, 3.05) is 46.9 Å². The second kappa shape index (κ2) is 8.32. The van der Waals surface area contributed by atoms with Crippen LogP contribution < -0.4 is 10.6 Å². The van der Waals surface area contributed by atoms with E-state index in [9.17, 15) is 0 Å². The van der Waals surface area contributed by atoms with Gasteiger partial charge in [0.15, 0.2) is 5.96 Å². The Balaban J connectivity index is 2.18. The quantitative estimate of drug-likeness (QED) is 0.556. The van der Waals surface area contributed by atoms with E-state index < -0.39 is 0 Å². The maximum absolute atomic E-state index is 5.70. The SMILES string of the molecule is CN=C(NCCC(C)C)NCC1CN(C)CCO1. The zero-order valence-electron chi connectivity index (χ0n) is 12.2. The summed E-state index contributed by atoms with van der Waals surface area (Å²) in [5.74, 6) is 1.58. The van der Waals surface area contributed by atoms with Crippen molar-refractivity contribution in [1.82, 2.24) is 15.5 Å². The molecule has 2 N–H and O–H groups in total. The molecule has 18 heavy (non-hydrogen) atoms. The third-order valence-corrected chi connectivity index (χ3v) is 3.08. The topological polar surface area (TPSA) is 48.9 Å². The van der Waals surface area contributed by atoms with Gasteiger partial charge in [-0.05, 0) is 19.4 Å². The molecule has 5 heteroatoms. The molecule has 1 heterocycles. The van der Waals surface area contributed by atoms with Crippen molar-refractivity contribution in [2.45, 2.75) is 26.4 Å². The molecule has 1 aliphatic heterocycles. The second-order valence-electron chi connectivity index (χ2n) is 5.32. The molecular weight excluding hydrogens is 228 g/mol. The summed E-state index contributed by atoms with van der Waals surface area (Å²) < 4.78 is 5.70. The maximum Gasteiger partial charge on any atom is 0.191 e. The van der Waals surface area contributed by atoms with Gasteiger partial charge in [-0.2, -0.15) is 0 Å². The Morgan fingerprint density at radius 3 is 2.83 bits per heavy atom. The number of guanidine groups is 1. The van der Waals surface area contributed by atoms with Crippen LogP contribution in [-0.4, -0.2) is 63.8 Å². The van der Waals surface area contributed by atoms with Gasteiger partial charge in [0.1, 0.15) is 0 Å². The van der Waals surface area contributed by atoms with E-state index in [2.05, 4.69) is 41.4 Å². The molecule has 1 unspecified atom stereocenters. The lowest BCUT2D eigenvalue weighted by atomic mass is 10.1. The fourth-order valence-electron chi connectivity index (χ4n) is 1.90. The third-order valence-electron chi connectivity index (χ3n) is 3.08. The zero-order chi connectivity index (χ0) is 13.4. The minimum atomic E-state index is 0.257. The van der Waals surface area contributed by atoms with Gasteiger partial charge >= 0.3 is 0 Å². The number of rotatable bonds is 5. The van der Waals surface area contributed by atoms with E-state index in [0.717, 1.165) is 45.2 Å². The molecule has 1 saturated heterocycles. The van der Waals surface area contributed by atoms with E-state index in [1.807, 2.05) is 0 Å². The highest BCUT2D eigenvalue weighted by Gasteiger charge is 2.17. The summed E-state index contributed by atoms with van der Waals surface area (Å²) in [5.41, 5.74) is 0. The van der Waals surface area contributed by atoms with Crippen LogP contribution in [0.2, 0.25) is 0 Å². The van der Waals surface area contributed by atoms with Crippen molar-refractivity contribution in [1.29, 1.82) is 0 Å². The Labute approximate surface area is 111 Å². The van der Waals surface area contributed by atoms with E-state index in [1.165, 1.54) is 0 Å². The van der Waals surface area contributed by atoms with E-state index in [1.54, 1.807) is 7.05 Å². The summed E-state index contributed by atoms with van der Waals surface area (Å²) in [6.45, 7) is 9.05. The molecule has 1 aliphatic rings. The van der Waals surface area contributed by atoms with Crippen molar-refractivity contribution >= 4 is 5.96 Å². The highest BCUT2D eigenvalue weighted by atomic mass is 16.5. The lowest BCUT2D eigenvalue weighted by Crippen LogP contribution is -2.48. The van der Waals surface area contributed by atoms with Gasteiger partial charge in [0, 0.05) is 33.2 Å². The smallest absolute Gasteiger partial charge is 0.191 e. The minimum Gasteiger partial charge on any atom is -0.374 e. The minimum absolute atomic E-state index is 0.257. The van der Waals surface area contributed by atoms with Crippen LogP contribution in [0.1, 0.15) is 20.3 Å². The summed E-state index contributed by atoms with van der Waals surface area (Å²) in [4.78, 5) is 6.51. The molecule has 106 valence electrons. The van der Waals surface area contributed by atoms with E-state index in [-0.39, 0.29) is 6.10 Å². The van der Waals surface area contributed by atoms with E-state index in [0.29, 0.717) is 5.92 Å². The van der Waals surface area contributed by atoms with Crippen LogP contribution in [0.5, 0.6) is 0 Å². The average molecular weight is 256 g/mol. The highest BCUT2D eigenvalue weighted by molar-refractivity contribution is 5.79. The van der Waals surface area contributed by atoms with Gasteiger partial charge in [0.05, 0.1) is 12.7 Å². The van der Waals surface area contributed by atoms with Crippen LogP contribution in [0, 0.1) is 5.92 Å². The number of hydrogen-bond donors (Lipinski definition) is 2. The summed E-state index contributed by atoms with van der Waals surface area (Å²) in [7, 11) is 3.93. The Morgan fingerprint density at radius 2 is 2.22 bits per heavy atom. The molecule has 0 aromatic heterocycles. The molecular formula is C13H28N4O.